The predicted octanol–water partition coefficient (Wildman–Crippen LogP) is 3.26. The number of carbonyl (C=O) groups is 2. The number of aryl methyl sites for hydroxylation is 1. The van der Waals surface area contributed by atoms with Gasteiger partial charge < -0.3 is 9.84 Å². The van der Waals surface area contributed by atoms with Gasteiger partial charge in [-0.25, -0.2) is 0 Å². The maximum Gasteiger partial charge on any atom is 0.285 e. The Kier molecular flexibility index (Phi) is 5.48. The molecule has 8 heteroatoms. The summed E-state index contributed by atoms with van der Waals surface area (Å²) in [5, 5.41) is 10.7. The van der Waals surface area contributed by atoms with Crippen molar-refractivity contribution in [3.63, 3.8) is 0 Å². The van der Waals surface area contributed by atoms with Crippen molar-refractivity contribution in [2.24, 2.45) is 0 Å². The van der Waals surface area contributed by atoms with Gasteiger partial charge in [0, 0.05) is 5.56 Å². The van der Waals surface area contributed by atoms with Gasteiger partial charge in [0.2, 0.25) is 0 Å². The number of phenols is 1. The Morgan fingerprint density at radius 2 is 2.04 bits per heavy atom. The van der Waals surface area contributed by atoms with Crippen molar-refractivity contribution >= 4 is 46.2 Å². The van der Waals surface area contributed by atoms with Crippen LogP contribution >= 0.6 is 24.0 Å². The number of hydrogen-bond donors (Lipinski definition) is 2. The first kappa shape index (κ1) is 18.9. The lowest BCUT2D eigenvalue weighted by atomic mass is 10.1. The fourth-order valence-corrected chi connectivity index (χ4v) is 3.67. The molecule has 0 bridgehead atoms. The van der Waals surface area contributed by atoms with Gasteiger partial charge in [-0.3, -0.25) is 15.0 Å². The van der Waals surface area contributed by atoms with Crippen LogP contribution in [-0.2, 0) is 4.79 Å². The second-order valence-electron chi connectivity index (χ2n) is 5.70. The zero-order valence-corrected chi connectivity index (χ0v) is 16.2. The maximum atomic E-state index is 12.6. The van der Waals surface area contributed by atoms with E-state index in [-0.39, 0.29) is 10.1 Å². The average molecular weight is 400 g/mol. The predicted molar refractivity (Wildman–Crippen MR) is 108 cm³/mol. The number of carbonyl (C=O) groups excluding carboxylic acids is 2. The molecule has 1 heterocycles. The molecule has 1 aliphatic rings. The summed E-state index contributed by atoms with van der Waals surface area (Å²) in [5.41, 5.74) is 4.49. The maximum absolute atomic E-state index is 12.6. The molecule has 138 valence electrons. The zero-order chi connectivity index (χ0) is 19.6. The molecule has 2 amide bonds. The molecule has 2 aromatic carbocycles. The Hall–Kier alpha value is -2.84. The van der Waals surface area contributed by atoms with E-state index in [0.29, 0.717) is 21.8 Å². The highest BCUT2D eigenvalue weighted by Gasteiger charge is 2.34. The van der Waals surface area contributed by atoms with Crippen LogP contribution in [-0.4, -0.2) is 33.4 Å². The molecule has 3 rings (SSSR count). The molecule has 0 radical (unpaired) electrons. The lowest BCUT2D eigenvalue weighted by molar-refractivity contribution is -0.123. The van der Waals surface area contributed by atoms with Crippen LogP contribution in [0.5, 0.6) is 11.5 Å². The summed E-state index contributed by atoms with van der Waals surface area (Å²) in [4.78, 5) is 25.5. The van der Waals surface area contributed by atoms with Gasteiger partial charge in [-0.15, -0.1) is 0 Å². The molecule has 0 saturated carbocycles. The van der Waals surface area contributed by atoms with E-state index in [4.69, 9.17) is 17.0 Å². The first-order chi connectivity index (χ1) is 12.9. The normalized spacial score (nSPS) is 15.3. The van der Waals surface area contributed by atoms with Crippen molar-refractivity contribution in [2.75, 3.05) is 7.11 Å². The van der Waals surface area contributed by atoms with Gasteiger partial charge in [0.15, 0.2) is 15.8 Å². The van der Waals surface area contributed by atoms with E-state index < -0.39 is 11.8 Å². The van der Waals surface area contributed by atoms with E-state index in [1.54, 1.807) is 30.3 Å². The molecule has 1 fully saturated rings. The van der Waals surface area contributed by atoms with Gasteiger partial charge in [0.1, 0.15) is 0 Å². The molecule has 27 heavy (non-hydrogen) atoms. The number of hydrogen-bond acceptors (Lipinski definition) is 6. The summed E-state index contributed by atoms with van der Waals surface area (Å²) in [6, 6.07) is 11.8. The molecule has 0 atom stereocenters. The number of ether oxygens (including phenoxy) is 1. The van der Waals surface area contributed by atoms with Crippen molar-refractivity contribution in [1.29, 1.82) is 0 Å². The van der Waals surface area contributed by atoms with Gasteiger partial charge in [0.05, 0.1) is 12.0 Å². The largest absolute Gasteiger partial charge is 0.504 e. The van der Waals surface area contributed by atoms with Crippen molar-refractivity contribution in [3.05, 3.63) is 64.1 Å². The number of rotatable bonds is 4. The minimum atomic E-state index is -0.418. The van der Waals surface area contributed by atoms with Gasteiger partial charge in [-0.05, 0) is 54.5 Å². The lowest BCUT2D eigenvalue weighted by Crippen LogP contribution is -2.45. The molecule has 1 saturated heterocycles. The van der Waals surface area contributed by atoms with Gasteiger partial charge in [0.25, 0.3) is 11.8 Å². The summed E-state index contributed by atoms with van der Waals surface area (Å²) in [7, 11) is 1.44. The Balaban J connectivity index is 1.81. The quantitative estimate of drug-likeness (QED) is 0.606. The zero-order valence-electron chi connectivity index (χ0n) is 14.6. The molecule has 2 aromatic rings. The molecule has 0 unspecified atom stereocenters. The summed E-state index contributed by atoms with van der Waals surface area (Å²) in [6.07, 6.45) is 1.63. The van der Waals surface area contributed by atoms with Crippen LogP contribution in [0.3, 0.4) is 0 Å². The number of phenolic OH excluding ortho intramolecular Hbond substituents is 1. The molecular weight excluding hydrogens is 384 g/mol. The number of hydrazine groups is 1. The first-order valence-corrected chi connectivity index (χ1v) is 9.14. The summed E-state index contributed by atoms with van der Waals surface area (Å²) in [6.45, 7) is 1.82. The number of aromatic hydroxyl groups is 1. The van der Waals surface area contributed by atoms with Crippen LogP contribution in [0.2, 0.25) is 0 Å². The molecule has 0 spiro atoms. The van der Waals surface area contributed by atoms with Crippen LogP contribution in [0.25, 0.3) is 6.08 Å². The Labute approximate surface area is 165 Å². The first-order valence-electron chi connectivity index (χ1n) is 7.92. The molecule has 2 N–H and O–H groups in total. The Morgan fingerprint density at radius 3 is 2.74 bits per heavy atom. The van der Waals surface area contributed by atoms with E-state index in [9.17, 15) is 14.7 Å². The van der Waals surface area contributed by atoms with Gasteiger partial charge in [-0.2, -0.15) is 5.01 Å². The third-order valence-corrected chi connectivity index (χ3v) is 5.20. The fourth-order valence-electron chi connectivity index (χ4n) is 2.49. The number of nitrogens with one attached hydrogen (secondary N) is 1. The van der Waals surface area contributed by atoms with Crippen LogP contribution in [0, 0.1) is 6.92 Å². The van der Waals surface area contributed by atoms with Crippen LogP contribution < -0.4 is 10.2 Å². The van der Waals surface area contributed by atoms with Crippen LogP contribution in [0.15, 0.2) is 47.4 Å². The fraction of sp³-hybridized carbons (Fsp3) is 0.105. The number of methoxy groups -OCH3 is 1. The third-order valence-electron chi connectivity index (χ3n) is 3.90. The van der Waals surface area contributed by atoms with Crippen molar-refractivity contribution < 1.29 is 19.4 Å². The lowest BCUT2D eigenvalue weighted by Gasteiger charge is -2.16. The highest BCUT2D eigenvalue weighted by atomic mass is 32.2. The second-order valence-corrected chi connectivity index (χ2v) is 7.38. The SMILES string of the molecule is COc1cc(C=C2SC(=S)N(NC(=O)c3ccccc3C)C2=O)ccc1O. The van der Waals surface area contributed by atoms with Crippen molar-refractivity contribution in [1.82, 2.24) is 10.4 Å². The number of benzene rings is 2. The smallest absolute Gasteiger partial charge is 0.285 e. The van der Waals surface area contributed by atoms with E-state index >= 15 is 0 Å². The standard InChI is InChI=1S/C19H16N2O4S2/c1-11-5-3-4-6-13(11)17(23)20-21-18(24)16(27-19(21)26)10-12-7-8-14(22)15(9-12)25-2/h3-10,22H,1-2H3,(H,20,23). The minimum absolute atomic E-state index is 0.00712. The van der Waals surface area contributed by atoms with Crippen molar-refractivity contribution in [3.8, 4) is 11.5 Å². The molecule has 0 aromatic heterocycles. The van der Waals surface area contributed by atoms with E-state index in [2.05, 4.69) is 5.43 Å². The summed E-state index contributed by atoms with van der Waals surface area (Å²) in [5.74, 6) is -0.518. The summed E-state index contributed by atoms with van der Waals surface area (Å²) < 4.78 is 5.30. The summed E-state index contributed by atoms with van der Waals surface area (Å²) >= 11 is 6.32. The molecule has 0 aliphatic carbocycles. The number of thioether (sulfide) groups is 1. The number of nitrogens with zero attached hydrogens (tertiary/aromatic N) is 1. The van der Waals surface area contributed by atoms with Crippen LogP contribution in [0.4, 0.5) is 0 Å². The van der Waals surface area contributed by atoms with E-state index in [1.165, 1.54) is 13.2 Å². The van der Waals surface area contributed by atoms with Crippen LogP contribution in [0.1, 0.15) is 21.5 Å². The monoisotopic (exact) mass is 400 g/mol. The Morgan fingerprint density at radius 1 is 1.30 bits per heavy atom. The molecular formula is C19H16N2O4S2. The molecule has 6 nitrogen and oxygen atoms in total. The van der Waals surface area contributed by atoms with Gasteiger partial charge in [-0.1, -0.05) is 36.0 Å². The second kappa shape index (κ2) is 7.81. The topological polar surface area (TPSA) is 78.9 Å². The van der Waals surface area contributed by atoms with E-state index in [1.807, 2.05) is 19.1 Å². The van der Waals surface area contributed by atoms with Crippen molar-refractivity contribution in [2.45, 2.75) is 6.92 Å². The average Bonchev–Trinajstić information content (AvgIpc) is 2.91. The number of thiocarbonyl (C=S) groups is 1. The Bertz CT molecular complexity index is 972. The molecule has 1 aliphatic heterocycles. The highest BCUT2D eigenvalue weighted by molar-refractivity contribution is 8.26. The van der Waals surface area contributed by atoms with E-state index in [0.717, 1.165) is 22.3 Å². The highest BCUT2D eigenvalue weighted by Crippen LogP contribution is 2.33. The minimum Gasteiger partial charge on any atom is -0.504 e. The van der Waals surface area contributed by atoms with Gasteiger partial charge >= 0.3 is 0 Å². The third kappa shape index (κ3) is 3.96. The number of amides is 2.